The molecule has 0 saturated heterocycles. The Balaban J connectivity index is 0.000000853. The number of aliphatic imine (C=N–C) groups is 2. The van der Waals surface area contributed by atoms with E-state index in [1.165, 1.54) is 5.57 Å². The molecule has 0 N–H and O–H groups in total. The molecular weight excluding hydrogens is 211 g/mol. The molecule has 2 nitrogen and oxygen atoms in total. The SMILES string of the molecule is CC12C=[C-]C3=CC=NC=C(N=C1)C32C.[K+]. The summed E-state index contributed by atoms with van der Waals surface area (Å²) in [4.78, 5) is 8.63. The van der Waals surface area contributed by atoms with Crippen LogP contribution in [0.3, 0.4) is 0 Å². The Kier molecular flexibility index (Phi) is 2.80. The molecular formula is C12H11KN2. The van der Waals surface area contributed by atoms with E-state index < -0.39 is 0 Å². The van der Waals surface area contributed by atoms with Gasteiger partial charge in [0.2, 0.25) is 0 Å². The van der Waals surface area contributed by atoms with Crippen LogP contribution in [0.25, 0.3) is 0 Å². The Hall–Kier alpha value is 0.196. The summed E-state index contributed by atoms with van der Waals surface area (Å²) in [6.45, 7) is 4.40. The summed E-state index contributed by atoms with van der Waals surface area (Å²) in [5, 5.41) is 0. The molecule has 0 saturated carbocycles. The van der Waals surface area contributed by atoms with E-state index in [-0.39, 0.29) is 62.2 Å². The van der Waals surface area contributed by atoms with Crippen LogP contribution in [0.1, 0.15) is 13.8 Å². The van der Waals surface area contributed by atoms with Crippen LogP contribution in [-0.2, 0) is 0 Å². The first-order chi connectivity index (χ1) is 6.67. The molecule has 0 aromatic carbocycles. The summed E-state index contributed by atoms with van der Waals surface area (Å²) < 4.78 is 0. The minimum atomic E-state index is -0.0521. The zero-order chi connectivity index (χ0) is 9.81. The maximum Gasteiger partial charge on any atom is 1.00 e. The van der Waals surface area contributed by atoms with Crippen molar-refractivity contribution in [2.45, 2.75) is 13.8 Å². The van der Waals surface area contributed by atoms with Crippen LogP contribution in [0.2, 0.25) is 0 Å². The standard InChI is InChI=1S/C12H11N2.K/c1-11-5-3-9-4-6-13-7-10(14-8-11)12(9,11)2;/h4-8H,1-2H3;/q-1;+1. The summed E-state index contributed by atoms with van der Waals surface area (Å²) in [5.74, 6) is 0. The van der Waals surface area contributed by atoms with Gasteiger partial charge < -0.3 is 0 Å². The third-order valence-electron chi connectivity index (χ3n) is 3.65. The number of hydrogen-bond acceptors (Lipinski definition) is 2. The molecule has 3 heteroatoms. The quantitative estimate of drug-likeness (QED) is 0.383. The monoisotopic (exact) mass is 222 g/mol. The summed E-state index contributed by atoms with van der Waals surface area (Å²) in [5.41, 5.74) is 2.16. The van der Waals surface area contributed by atoms with Crippen molar-refractivity contribution in [2.24, 2.45) is 20.8 Å². The Bertz CT molecular complexity index is 418. The Labute approximate surface area is 132 Å². The van der Waals surface area contributed by atoms with E-state index in [0.717, 1.165) is 5.70 Å². The maximum atomic E-state index is 4.45. The average molecular weight is 222 g/mol. The van der Waals surface area contributed by atoms with Crippen molar-refractivity contribution in [1.82, 2.24) is 0 Å². The fourth-order valence-corrected chi connectivity index (χ4v) is 2.33. The minimum Gasteiger partial charge on any atom is -0.282 e. The van der Waals surface area contributed by atoms with Gasteiger partial charge in [-0.3, -0.25) is 9.98 Å². The third kappa shape index (κ3) is 1.31. The van der Waals surface area contributed by atoms with Gasteiger partial charge in [0.05, 0.1) is 5.70 Å². The van der Waals surface area contributed by atoms with E-state index in [9.17, 15) is 0 Å². The summed E-state index contributed by atoms with van der Waals surface area (Å²) >= 11 is 0. The zero-order valence-electron chi connectivity index (χ0n) is 9.28. The molecule has 0 spiro atoms. The minimum absolute atomic E-state index is 0. The first-order valence-electron chi connectivity index (χ1n) is 4.77. The van der Waals surface area contributed by atoms with Gasteiger partial charge in [-0.05, 0) is 0 Å². The Morgan fingerprint density at radius 1 is 1.33 bits per heavy atom. The average Bonchev–Trinajstić information content (AvgIpc) is 2.49. The normalized spacial score (nSPS) is 39.3. The van der Waals surface area contributed by atoms with Gasteiger partial charge in [0.1, 0.15) is 0 Å². The van der Waals surface area contributed by atoms with Crippen LogP contribution in [-0.4, -0.2) is 12.4 Å². The second-order valence-electron chi connectivity index (χ2n) is 4.35. The van der Waals surface area contributed by atoms with Crippen molar-refractivity contribution < 1.29 is 51.4 Å². The molecule has 0 fully saturated rings. The molecule has 3 rings (SSSR count). The van der Waals surface area contributed by atoms with Crippen molar-refractivity contribution in [3.63, 3.8) is 0 Å². The molecule has 0 bridgehead atoms. The number of rotatable bonds is 0. The molecule has 0 radical (unpaired) electrons. The van der Waals surface area contributed by atoms with Gasteiger partial charge in [-0.1, -0.05) is 20.1 Å². The molecule has 0 amide bonds. The predicted molar refractivity (Wildman–Crippen MR) is 57.2 cm³/mol. The molecule has 2 heterocycles. The van der Waals surface area contributed by atoms with Gasteiger partial charge in [-0.15, -0.1) is 0 Å². The molecule has 3 aliphatic rings. The van der Waals surface area contributed by atoms with Crippen LogP contribution in [0, 0.1) is 16.9 Å². The first kappa shape index (κ1) is 11.7. The maximum absolute atomic E-state index is 4.45. The second-order valence-corrected chi connectivity index (χ2v) is 4.35. The fourth-order valence-electron chi connectivity index (χ4n) is 2.33. The number of allylic oxidation sites excluding steroid dienone is 4. The molecule has 2 aliphatic heterocycles. The van der Waals surface area contributed by atoms with E-state index in [2.05, 4.69) is 36.0 Å². The van der Waals surface area contributed by atoms with E-state index in [1.54, 1.807) is 0 Å². The largest absolute Gasteiger partial charge is 1.00 e. The summed E-state index contributed by atoms with van der Waals surface area (Å²) in [6.07, 6.45) is 13.1. The predicted octanol–water partition coefficient (Wildman–Crippen LogP) is -0.687. The van der Waals surface area contributed by atoms with Crippen LogP contribution in [0.15, 0.2) is 39.6 Å². The van der Waals surface area contributed by atoms with Crippen molar-refractivity contribution in [1.29, 1.82) is 0 Å². The van der Waals surface area contributed by atoms with Crippen LogP contribution in [0.5, 0.6) is 0 Å². The van der Waals surface area contributed by atoms with Crippen LogP contribution < -0.4 is 51.4 Å². The molecule has 70 valence electrons. The van der Waals surface area contributed by atoms with Gasteiger partial charge in [-0.2, -0.15) is 12.2 Å². The van der Waals surface area contributed by atoms with E-state index in [4.69, 9.17) is 0 Å². The van der Waals surface area contributed by atoms with Crippen molar-refractivity contribution in [3.8, 4) is 0 Å². The molecule has 2 atom stereocenters. The molecule has 0 aromatic heterocycles. The third-order valence-corrected chi connectivity index (χ3v) is 3.65. The van der Waals surface area contributed by atoms with E-state index in [0.29, 0.717) is 0 Å². The summed E-state index contributed by atoms with van der Waals surface area (Å²) in [6, 6.07) is 0. The van der Waals surface area contributed by atoms with Crippen LogP contribution in [0.4, 0.5) is 0 Å². The first-order valence-corrected chi connectivity index (χ1v) is 4.77. The zero-order valence-corrected chi connectivity index (χ0v) is 12.4. The smallest absolute Gasteiger partial charge is 0.282 e. The molecule has 1 aliphatic carbocycles. The van der Waals surface area contributed by atoms with Crippen LogP contribution >= 0.6 is 0 Å². The van der Waals surface area contributed by atoms with Gasteiger partial charge in [0, 0.05) is 23.2 Å². The fraction of sp³-hybridized carbons (Fsp3) is 0.333. The van der Waals surface area contributed by atoms with Gasteiger partial charge in [0.15, 0.2) is 0 Å². The van der Waals surface area contributed by atoms with Crippen molar-refractivity contribution >= 4 is 12.4 Å². The van der Waals surface area contributed by atoms with Crippen molar-refractivity contribution in [2.75, 3.05) is 0 Å². The number of nitrogens with zero attached hydrogens (tertiary/aromatic N) is 2. The summed E-state index contributed by atoms with van der Waals surface area (Å²) in [7, 11) is 0. The molecule has 2 unspecified atom stereocenters. The van der Waals surface area contributed by atoms with Gasteiger partial charge in [-0.25, -0.2) is 11.6 Å². The van der Waals surface area contributed by atoms with E-state index >= 15 is 0 Å². The Morgan fingerprint density at radius 2 is 2.13 bits per heavy atom. The number of hydrogen-bond donors (Lipinski definition) is 0. The van der Waals surface area contributed by atoms with Crippen molar-refractivity contribution in [3.05, 3.63) is 35.7 Å². The van der Waals surface area contributed by atoms with E-state index in [1.807, 2.05) is 24.7 Å². The van der Waals surface area contributed by atoms with Gasteiger partial charge in [0.25, 0.3) is 0 Å². The second kappa shape index (κ2) is 3.60. The molecule has 0 aromatic rings. The van der Waals surface area contributed by atoms with Gasteiger partial charge >= 0.3 is 51.4 Å². The Morgan fingerprint density at radius 3 is 2.93 bits per heavy atom. The topological polar surface area (TPSA) is 24.7 Å². The molecule has 15 heavy (non-hydrogen) atoms.